The number of rotatable bonds is 4. The molecule has 0 radical (unpaired) electrons. The van der Waals surface area contributed by atoms with E-state index in [-0.39, 0.29) is 0 Å². The van der Waals surface area contributed by atoms with E-state index in [0.29, 0.717) is 30.6 Å². The highest BCUT2D eigenvalue weighted by Gasteiger charge is 2.27. The molecule has 3 aromatic rings. The van der Waals surface area contributed by atoms with Gasteiger partial charge in [0.25, 0.3) is 0 Å². The van der Waals surface area contributed by atoms with Crippen molar-refractivity contribution < 1.29 is 9.53 Å². The van der Waals surface area contributed by atoms with Crippen molar-refractivity contribution in [3.05, 3.63) is 77.9 Å². The summed E-state index contributed by atoms with van der Waals surface area (Å²) in [5.74, 6) is 2.13. The Hall–Kier alpha value is -2.61. The summed E-state index contributed by atoms with van der Waals surface area (Å²) in [6, 6.07) is 23.1. The van der Waals surface area contributed by atoms with Gasteiger partial charge in [-0.1, -0.05) is 55.5 Å². The second kappa shape index (κ2) is 7.33. The number of carbonyl (C=O) groups is 1. The number of Topliss-reactive ketones (excluding diaryl/α,β-unsaturated/α-hetero) is 1. The van der Waals surface area contributed by atoms with Crippen LogP contribution < -0.4 is 4.74 Å². The fourth-order valence-electron chi connectivity index (χ4n) is 3.91. The molecule has 0 aliphatic heterocycles. The summed E-state index contributed by atoms with van der Waals surface area (Å²) < 4.78 is 6.05. The van der Waals surface area contributed by atoms with E-state index in [1.165, 1.54) is 16.3 Å². The molecule has 2 atom stereocenters. The molecule has 0 heterocycles. The van der Waals surface area contributed by atoms with Crippen LogP contribution >= 0.6 is 0 Å². The van der Waals surface area contributed by atoms with Crippen molar-refractivity contribution in [2.24, 2.45) is 5.92 Å². The fraction of sp³-hybridized carbons (Fsp3) is 0.292. The predicted octanol–water partition coefficient (Wildman–Crippen LogP) is 5.89. The Morgan fingerprint density at radius 2 is 1.81 bits per heavy atom. The summed E-state index contributed by atoms with van der Waals surface area (Å²) in [6.07, 6.45) is 2.39. The zero-order valence-electron chi connectivity index (χ0n) is 15.2. The van der Waals surface area contributed by atoms with Gasteiger partial charge in [0, 0.05) is 12.8 Å². The van der Waals surface area contributed by atoms with Crippen LogP contribution in [0.4, 0.5) is 0 Å². The van der Waals surface area contributed by atoms with E-state index >= 15 is 0 Å². The molecule has 0 aromatic heterocycles. The van der Waals surface area contributed by atoms with Crippen molar-refractivity contribution in [2.45, 2.75) is 38.7 Å². The lowest BCUT2D eigenvalue weighted by Crippen LogP contribution is -2.21. The topological polar surface area (TPSA) is 26.3 Å². The first-order valence-corrected chi connectivity index (χ1v) is 9.41. The van der Waals surface area contributed by atoms with E-state index in [0.717, 1.165) is 24.2 Å². The van der Waals surface area contributed by atoms with Crippen LogP contribution in [0.1, 0.15) is 43.2 Å². The maximum Gasteiger partial charge on any atom is 0.133 e. The van der Waals surface area contributed by atoms with Gasteiger partial charge < -0.3 is 4.74 Å². The van der Waals surface area contributed by atoms with Gasteiger partial charge in [0.05, 0.1) is 0 Å². The standard InChI is InChI=1S/C24H24O2/c1-17-9-12-22(25)15-24(17)21-7-4-8-23(14-21)26-16-18-10-11-19-5-2-3-6-20(19)13-18/h2-8,10-11,13-14,17,24H,9,12,15-16H2,1H3. The van der Waals surface area contributed by atoms with Crippen molar-refractivity contribution in [3.63, 3.8) is 0 Å². The summed E-state index contributed by atoms with van der Waals surface area (Å²) >= 11 is 0. The number of ether oxygens (including phenoxy) is 1. The SMILES string of the molecule is CC1CCC(=O)CC1c1cccc(OCc2ccc3ccccc3c2)c1. The molecule has 1 fully saturated rings. The molecule has 0 N–H and O–H groups in total. The molecule has 2 unspecified atom stereocenters. The number of hydrogen-bond acceptors (Lipinski definition) is 2. The van der Waals surface area contributed by atoms with Crippen LogP contribution in [-0.2, 0) is 11.4 Å². The third kappa shape index (κ3) is 3.65. The van der Waals surface area contributed by atoms with E-state index in [2.05, 4.69) is 61.5 Å². The second-order valence-corrected chi connectivity index (χ2v) is 7.41. The minimum absolute atomic E-state index is 0.320. The van der Waals surface area contributed by atoms with Gasteiger partial charge in [0.15, 0.2) is 0 Å². The van der Waals surface area contributed by atoms with Crippen LogP contribution in [0.2, 0.25) is 0 Å². The van der Waals surface area contributed by atoms with Crippen molar-refractivity contribution >= 4 is 16.6 Å². The van der Waals surface area contributed by atoms with Gasteiger partial charge in [0.2, 0.25) is 0 Å². The third-order valence-electron chi connectivity index (χ3n) is 5.52. The van der Waals surface area contributed by atoms with E-state index < -0.39 is 0 Å². The molecule has 4 rings (SSSR count). The largest absolute Gasteiger partial charge is 0.489 e. The Morgan fingerprint density at radius 1 is 0.962 bits per heavy atom. The fourth-order valence-corrected chi connectivity index (χ4v) is 3.91. The Balaban J connectivity index is 1.48. The highest BCUT2D eigenvalue weighted by atomic mass is 16.5. The number of hydrogen-bond donors (Lipinski definition) is 0. The van der Waals surface area contributed by atoms with Crippen LogP contribution in [0.15, 0.2) is 66.7 Å². The average Bonchev–Trinajstić information content (AvgIpc) is 2.68. The molecule has 1 aliphatic carbocycles. The Labute approximate surface area is 154 Å². The van der Waals surface area contributed by atoms with Crippen molar-refractivity contribution in [3.8, 4) is 5.75 Å². The smallest absolute Gasteiger partial charge is 0.133 e. The van der Waals surface area contributed by atoms with Gasteiger partial charge in [-0.25, -0.2) is 0 Å². The summed E-state index contributed by atoms with van der Waals surface area (Å²) in [4.78, 5) is 11.9. The van der Waals surface area contributed by atoms with Crippen LogP contribution in [-0.4, -0.2) is 5.78 Å². The van der Waals surface area contributed by atoms with Gasteiger partial charge in [0.1, 0.15) is 18.1 Å². The van der Waals surface area contributed by atoms with Crippen LogP contribution in [0.3, 0.4) is 0 Å². The van der Waals surface area contributed by atoms with Gasteiger partial charge >= 0.3 is 0 Å². The van der Waals surface area contributed by atoms with Crippen LogP contribution in [0, 0.1) is 5.92 Å². The zero-order chi connectivity index (χ0) is 17.9. The molecule has 3 aromatic carbocycles. The van der Waals surface area contributed by atoms with Crippen LogP contribution in [0.5, 0.6) is 5.75 Å². The summed E-state index contributed by atoms with van der Waals surface area (Å²) in [5.41, 5.74) is 2.39. The normalized spacial score (nSPS) is 20.3. The third-order valence-corrected chi connectivity index (χ3v) is 5.52. The first-order chi connectivity index (χ1) is 12.7. The lowest BCUT2D eigenvalue weighted by molar-refractivity contribution is -0.121. The summed E-state index contributed by atoms with van der Waals surface area (Å²) in [5, 5.41) is 2.48. The molecule has 26 heavy (non-hydrogen) atoms. The van der Waals surface area contributed by atoms with Gasteiger partial charge in [-0.2, -0.15) is 0 Å². The van der Waals surface area contributed by atoms with Crippen LogP contribution in [0.25, 0.3) is 10.8 Å². The van der Waals surface area contributed by atoms with Gasteiger partial charge in [-0.05, 0) is 58.4 Å². The molecule has 0 amide bonds. The number of fused-ring (bicyclic) bond motifs is 1. The van der Waals surface area contributed by atoms with Crippen molar-refractivity contribution in [1.82, 2.24) is 0 Å². The minimum Gasteiger partial charge on any atom is -0.489 e. The molecular weight excluding hydrogens is 320 g/mol. The number of ketones is 1. The van der Waals surface area contributed by atoms with E-state index in [1.807, 2.05) is 12.1 Å². The van der Waals surface area contributed by atoms with Crippen molar-refractivity contribution in [1.29, 1.82) is 0 Å². The lowest BCUT2D eigenvalue weighted by atomic mass is 9.76. The van der Waals surface area contributed by atoms with E-state index in [9.17, 15) is 4.79 Å². The molecule has 0 bridgehead atoms. The molecular formula is C24H24O2. The lowest BCUT2D eigenvalue weighted by Gasteiger charge is -2.28. The first kappa shape index (κ1) is 16.8. The summed E-state index contributed by atoms with van der Waals surface area (Å²) in [6.45, 7) is 2.80. The summed E-state index contributed by atoms with van der Waals surface area (Å²) in [7, 11) is 0. The molecule has 0 spiro atoms. The first-order valence-electron chi connectivity index (χ1n) is 9.41. The molecule has 2 heteroatoms. The molecule has 0 saturated heterocycles. The maximum absolute atomic E-state index is 11.9. The Morgan fingerprint density at radius 3 is 2.69 bits per heavy atom. The molecule has 2 nitrogen and oxygen atoms in total. The average molecular weight is 344 g/mol. The quantitative estimate of drug-likeness (QED) is 0.590. The molecule has 1 aliphatic rings. The zero-order valence-corrected chi connectivity index (χ0v) is 15.2. The van der Waals surface area contributed by atoms with Gasteiger partial charge in [-0.3, -0.25) is 4.79 Å². The maximum atomic E-state index is 11.9. The number of benzene rings is 3. The highest BCUT2D eigenvalue weighted by Crippen LogP contribution is 2.37. The Bertz CT molecular complexity index is 928. The molecule has 1 saturated carbocycles. The number of carbonyl (C=O) groups excluding carboxylic acids is 1. The Kier molecular flexibility index (Phi) is 4.75. The van der Waals surface area contributed by atoms with E-state index in [1.54, 1.807) is 0 Å². The monoisotopic (exact) mass is 344 g/mol. The van der Waals surface area contributed by atoms with Crippen molar-refractivity contribution in [2.75, 3.05) is 0 Å². The van der Waals surface area contributed by atoms with Gasteiger partial charge in [-0.15, -0.1) is 0 Å². The highest BCUT2D eigenvalue weighted by molar-refractivity contribution is 5.83. The molecule has 132 valence electrons. The predicted molar refractivity (Wildman–Crippen MR) is 105 cm³/mol. The minimum atomic E-state index is 0.320. The second-order valence-electron chi connectivity index (χ2n) is 7.41. The van der Waals surface area contributed by atoms with E-state index in [4.69, 9.17) is 4.74 Å².